The lowest BCUT2D eigenvalue weighted by Gasteiger charge is -2.22. The van der Waals surface area contributed by atoms with Crippen molar-refractivity contribution in [1.29, 1.82) is 0 Å². The van der Waals surface area contributed by atoms with Gasteiger partial charge in [-0.3, -0.25) is 4.79 Å². The van der Waals surface area contributed by atoms with Crippen molar-refractivity contribution >= 4 is 47.4 Å². The van der Waals surface area contributed by atoms with Crippen LogP contribution in [0.5, 0.6) is 0 Å². The summed E-state index contributed by atoms with van der Waals surface area (Å²) in [5, 5.41) is 6.84. The quantitative estimate of drug-likeness (QED) is 0.321. The van der Waals surface area contributed by atoms with Gasteiger partial charge in [-0.05, 0) is 25.0 Å². The zero-order valence-electron chi connectivity index (χ0n) is 16.6. The van der Waals surface area contributed by atoms with Crippen molar-refractivity contribution in [3.63, 3.8) is 0 Å². The van der Waals surface area contributed by atoms with Gasteiger partial charge in [0.1, 0.15) is 6.54 Å². The molecular weight excluding hydrogens is 489 g/mol. The van der Waals surface area contributed by atoms with E-state index in [2.05, 4.69) is 27.8 Å². The Balaban J connectivity index is 0.00000392. The largest absolute Gasteiger partial charge is 0.357 e. The number of halogens is 2. The second kappa shape index (κ2) is 12.7. The number of guanidine groups is 1. The third kappa shape index (κ3) is 8.10. The molecule has 154 valence electrons. The summed E-state index contributed by atoms with van der Waals surface area (Å²) < 4.78 is 1.98. The average Bonchev–Trinajstić information content (AvgIpc) is 2.96. The van der Waals surface area contributed by atoms with E-state index in [0.717, 1.165) is 18.7 Å². The SMILES string of the molecule is CCNC(=NCC(=O)NCCc1ccccc1)N(C)Cc1cc(Cl)cn1C.I. The lowest BCUT2D eigenvalue weighted by atomic mass is 10.1. The van der Waals surface area contributed by atoms with Crippen LogP contribution in [0.2, 0.25) is 5.02 Å². The van der Waals surface area contributed by atoms with Gasteiger partial charge in [-0.2, -0.15) is 0 Å². The molecule has 0 fully saturated rings. The number of aryl methyl sites for hydroxylation is 1. The Labute approximate surface area is 189 Å². The molecule has 0 saturated carbocycles. The standard InChI is InChI=1S/C20H28ClN5O.HI/c1-4-22-20(26(3)15-18-12-17(21)14-25(18)2)24-13-19(27)23-11-10-16-8-6-5-7-9-16;/h5-9,12,14H,4,10-11,13,15H2,1-3H3,(H,22,24)(H,23,27);1H. The maximum absolute atomic E-state index is 12.1. The molecule has 0 bridgehead atoms. The van der Waals surface area contributed by atoms with Crippen LogP contribution < -0.4 is 10.6 Å². The van der Waals surface area contributed by atoms with Crippen LogP contribution >= 0.6 is 35.6 Å². The molecule has 1 amide bonds. The van der Waals surface area contributed by atoms with Crippen molar-refractivity contribution in [2.75, 3.05) is 26.7 Å². The molecule has 2 N–H and O–H groups in total. The number of amides is 1. The van der Waals surface area contributed by atoms with Crippen LogP contribution in [0.1, 0.15) is 18.2 Å². The molecule has 0 saturated heterocycles. The van der Waals surface area contributed by atoms with Crippen LogP contribution in [0.3, 0.4) is 0 Å². The Hall–Kier alpha value is -1.74. The molecule has 2 rings (SSSR count). The number of hydrogen-bond acceptors (Lipinski definition) is 2. The minimum Gasteiger partial charge on any atom is -0.357 e. The van der Waals surface area contributed by atoms with Crippen LogP contribution in [0.15, 0.2) is 47.6 Å². The zero-order valence-corrected chi connectivity index (χ0v) is 19.7. The monoisotopic (exact) mass is 517 g/mol. The van der Waals surface area contributed by atoms with Crippen molar-refractivity contribution in [2.45, 2.75) is 19.9 Å². The van der Waals surface area contributed by atoms with Crippen molar-refractivity contribution in [1.82, 2.24) is 20.1 Å². The molecule has 1 aromatic carbocycles. The van der Waals surface area contributed by atoms with E-state index in [1.54, 1.807) is 0 Å². The van der Waals surface area contributed by atoms with Crippen LogP contribution in [-0.2, 0) is 24.8 Å². The lowest BCUT2D eigenvalue weighted by Crippen LogP contribution is -2.40. The van der Waals surface area contributed by atoms with E-state index in [-0.39, 0.29) is 36.4 Å². The van der Waals surface area contributed by atoms with Gasteiger partial charge < -0.3 is 20.1 Å². The molecule has 8 heteroatoms. The minimum atomic E-state index is -0.0864. The highest BCUT2D eigenvalue weighted by Crippen LogP contribution is 2.14. The smallest absolute Gasteiger partial charge is 0.241 e. The molecule has 0 aliphatic carbocycles. The van der Waals surface area contributed by atoms with E-state index in [0.29, 0.717) is 24.1 Å². The highest BCUT2D eigenvalue weighted by atomic mass is 127. The Morgan fingerprint density at radius 1 is 1.25 bits per heavy atom. The normalized spacial score (nSPS) is 10.9. The third-order valence-corrected chi connectivity index (χ3v) is 4.33. The van der Waals surface area contributed by atoms with Crippen LogP contribution in [0.25, 0.3) is 0 Å². The molecule has 0 radical (unpaired) electrons. The van der Waals surface area contributed by atoms with Gasteiger partial charge in [-0.15, -0.1) is 24.0 Å². The first-order valence-electron chi connectivity index (χ1n) is 9.10. The number of hydrogen-bond donors (Lipinski definition) is 2. The number of nitrogens with zero attached hydrogens (tertiary/aromatic N) is 3. The molecule has 0 aliphatic heterocycles. The summed E-state index contributed by atoms with van der Waals surface area (Å²) in [6, 6.07) is 12.0. The molecule has 1 aromatic heterocycles. The van der Waals surface area contributed by atoms with Gasteiger partial charge in [-0.1, -0.05) is 41.9 Å². The second-order valence-corrected chi connectivity index (χ2v) is 6.81. The van der Waals surface area contributed by atoms with Gasteiger partial charge in [0.05, 0.1) is 11.6 Å². The number of nitrogens with one attached hydrogen (secondary N) is 2. The van der Waals surface area contributed by atoms with Crippen molar-refractivity contribution in [2.24, 2.45) is 12.0 Å². The molecule has 28 heavy (non-hydrogen) atoms. The lowest BCUT2D eigenvalue weighted by molar-refractivity contribution is -0.119. The topological polar surface area (TPSA) is 61.7 Å². The van der Waals surface area contributed by atoms with E-state index in [9.17, 15) is 4.79 Å². The second-order valence-electron chi connectivity index (χ2n) is 6.37. The number of aromatic nitrogens is 1. The first kappa shape index (κ1) is 24.3. The van der Waals surface area contributed by atoms with Gasteiger partial charge >= 0.3 is 0 Å². The summed E-state index contributed by atoms with van der Waals surface area (Å²) in [5.41, 5.74) is 2.27. The average molecular weight is 518 g/mol. The van der Waals surface area contributed by atoms with E-state index in [1.807, 2.05) is 60.9 Å². The Kier molecular flexibility index (Phi) is 11.0. The fourth-order valence-electron chi connectivity index (χ4n) is 2.70. The fraction of sp³-hybridized carbons (Fsp3) is 0.400. The van der Waals surface area contributed by atoms with Crippen molar-refractivity contribution in [3.8, 4) is 0 Å². The van der Waals surface area contributed by atoms with Crippen LogP contribution in [0.4, 0.5) is 0 Å². The van der Waals surface area contributed by atoms with E-state index < -0.39 is 0 Å². The van der Waals surface area contributed by atoms with Gasteiger partial charge in [-0.25, -0.2) is 4.99 Å². The Bertz CT molecular complexity index is 763. The molecule has 0 unspecified atom stereocenters. The molecule has 0 atom stereocenters. The first-order chi connectivity index (χ1) is 13.0. The van der Waals surface area contributed by atoms with Gasteiger partial charge in [0, 0.05) is 39.1 Å². The van der Waals surface area contributed by atoms with Crippen LogP contribution in [0, 0.1) is 0 Å². The summed E-state index contributed by atoms with van der Waals surface area (Å²) in [6.07, 6.45) is 2.68. The molecule has 6 nitrogen and oxygen atoms in total. The molecule has 2 aromatic rings. The predicted octanol–water partition coefficient (Wildman–Crippen LogP) is 3.05. The molecular formula is C20H29ClIN5O. The van der Waals surface area contributed by atoms with Gasteiger partial charge in [0.2, 0.25) is 5.91 Å². The highest BCUT2D eigenvalue weighted by Gasteiger charge is 2.10. The van der Waals surface area contributed by atoms with Gasteiger partial charge in [0.15, 0.2) is 5.96 Å². The maximum atomic E-state index is 12.1. The highest BCUT2D eigenvalue weighted by molar-refractivity contribution is 14.0. The Morgan fingerprint density at radius 2 is 1.96 bits per heavy atom. The predicted molar refractivity (Wildman–Crippen MR) is 126 cm³/mol. The fourth-order valence-corrected chi connectivity index (χ4v) is 2.98. The molecule has 0 aliphatic rings. The summed E-state index contributed by atoms with van der Waals surface area (Å²) >= 11 is 6.05. The van der Waals surface area contributed by atoms with Gasteiger partial charge in [0.25, 0.3) is 0 Å². The molecule has 0 spiro atoms. The number of rotatable bonds is 8. The summed E-state index contributed by atoms with van der Waals surface area (Å²) in [5.74, 6) is 0.602. The maximum Gasteiger partial charge on any atom is 0.241 e. The summed E-state index contributed by atoms with van der Waals surface area (Å²) in [7, 11) is 3.90. The van der Waals surface area contributed by atoms with Crippen molar-refractivity contribution in [3.05, 3.63) is 58.9 Å². The number of benzene rings is 1. The number of aliphatic imine (C=N–C) groups is 1. The van der Waals surface area contributed by atoms with E-state index in [4.69, 9.17) is 11.6 Å². The molecule has 1 heterocycles. The van der Waals surface area contributed by atoms with E-state index in [1.165, 1.54) is 5.56 Å². The third-order valence-electron chi connectivity index (χ3n) is 4.12. The first-order valence-corrected chi connectivity index (χ1v) is 9.48. The van der Waals surface area contributed by atoms with Crippen LogP contribution in [-0.4, -0.2) is 48.0 Å². The summed E-state index contributed by atoms with van der Waals surface area (Å²) in [4.78, 5) is 18.5. The summed E-state index contributed by atoms with van der Waals surface area (Å²) in [6.45, 7) is 4.07. The van der Waals surface area contributed by atoms with E-state index >= 15 is 0 Å². The number of carbonyl (C=O) groups is 1. The van der Waals surface area contributed by atoms with Crippen molar-refractivity contribution < 1.29 is 4.79 Å². The minimum absolute atomic E-state index is 0. The number of carbonyl (C=O) groups excluding carboxylic acids is 1. The Morgan fingerprint density at radius 3 is 2.57 bits per heavy atom. The zero-order chi connectivity index (χ0) is 19.6.